The van der Waals surface area contributed by atoms with Crippen LogP contribution in [-0.2, 0) is 0 Å². The predicted octanol–water partition coefficient (Wildman–Crippen LogP) is 3.69. The molecule has 0 saturated heterocycles. The Labute approximate surface area is 129 Å². The molecular formula is C16H10F3NO3. The summed E-state index contributed by atoms with van der Waals surface area (Å²) in [5.74, 6) is -1.63. The van der Waals surface area contributed by atoms with Crippen molar-refractivity contribution in [1.82, 2.24) is 0 Å². The third-order valence-corrected chi connectivity index (χ3v) is 3.32. The maximum atomic E-state index is 12.4. The van der Waals surface area contributed by atoms with E-state index in [1.807, 2.05) is 0 Å². The predicted molar refractivity (Wildman–Crippen MR) is 75.4 cm³/mol. The second-order valence-electron chi connectivity index (χ2n) is 5.04. The Morgan fingerprint density at radius 1 is 0.957 bits per heavy atom. The summed E-state index contributed by atoms with van der Waals surface area (Å²) in [5.41, 5.74) is 0.906. The van der Waals surface area contributed by atoms with E-state index >= 15 is 0 Å². The van der Waals surface area contributed by atoms with Crippen molar-refractivity contribution in [2.24, 2.45) is 0 Å². The summed E-state index contributed by atoms with van der Waals surface area (Å²) in [7, 11) is 0. The van der Waals surface area contributed by atoms with Crippen LogP contribution in [0.2, 0.25) is 0 Å². The number of imide groups is 1. The van der Waals surface area contributed by atoms with Crippen LogP contribution < -0.4 is 9.64 Å². The van der Waals surface area contributed by atoms with Crippen molar-refractivity contribution in [1.29, 1.82) is 0 Å². The lowest BCUT2D eigenvalue weighted by Gasteiger charge is -2.17. The summed E-state index contributed by atoms with van der Waals surface area (Å²) in [4.78, 5) is 25.6. The van der Waals surface area contributed by atoms with Gasteiger partial charge in [0.05, 0.1) is 16.8 Å². The fourth-order valence-electron chi connectivity index (χ4n) is 2.47. The quantitative estimate of drug-likeness (QED) is 0.793. The Morgan fingerprint density at radius 3 is 2.04 bits per heavy atom. The van der Waals surface area contributed by atoms with Crippen LogP contribution in [0.1, 0.15) is 26.3 Å². The van der Waals surface area contributed by atoms with Crippen LogP contribution in [0.4, 0.5) is 18.9 Å². The van der Waals surface area contributed by atoms with E-state index < -0.39 is 23.9 Å². The normalized spacial score (nSPS) is 14.2. The van der Waals surface area contributed by atoms with Gasteiger partial charge in [-0.05, 0) is 36.8 Å². The van der Waals surface area contributed by atoms with Gasteiger partial charge in [-0.15, -0.1) is 13.2 Å². The van der Waals surface area contributed by atoms with Gasteiger partial charge in [-0.3, -0.25) is 9.59 Å². The summed E-state index contributed by atoms with van der Waals surface area (Å²) in [6, 6.07) is 9.86. The third-order valence-electron chi connectivity index (χ3n) is 3.32. The Bertz CT molecular complexity index is 779. The summed E-state index contributed by atoms with van der Waals surface area (Å²) in [6.07, 6.45) is -4.85. The average molecular weight is 321 g/mol. The number of anilines is 1. The SMILES string of the molecule is Cc1cc(OC(F)(F)F)cc(N2C(=O)c3ccccc3C2=O)c1. The van der Waals surface area contributed by atoms with Gasteiger partial charge in [0.25, 0.3) is 11.8 Å². The van der Waals surface area contributed by atoms with E-state index in [4.69, 9.17) is 0 Å². The minimum atomic E-state index is -4.85. The Balaban J connectivity index is 2.03. The molecule has 7 heteroatoms. The van der Waals surface area contributed by atoms with E-state index in [1.54, 1.807) is 19.1 Å². The van der Waals surface area contributed by atoms with E-state index in [0.29, 0.717) is 5.56 Å². The van der Waals surface area contributed by atoms with Crippen LogP contribution in [0.25, 0.3) is 0 Å². The molecule has 1 aliphatic rings. The molecule has 0 fully saturated rings. The van der Waals surface area contributed by atoms with Crippen LogP contribution in [0, 0.1) is 6.92 Å². The van der Waals surface area contributed by atoms with E-state index in [2.05, 4.69) is 4.74 Å². The topological polar surface area (TPSA) is 46.6 Å². The molecule has 1 aliphatic heterocycles. The van der Waals surface area contributed by atoms with Crippen LogP contribution in [-0.4, -0.2) is 18.2 Å². The van der Waals surface area contributed by atoms with Crippen LogP contribution in [0.5, 0.6) is 5.75 Å². The number of carbonyl (C=O) groups is 2. The van der Waals surface area contributed by atoms with Crippen molar-refractivity contribution in [3.05, 3.63) is 59.2 Å². The van der Waals surface area contributed by atoms with Gasteiger partial charge >= 0.3 is 6.36 Å². The first-order valence-corrected chi connectivity index (χ1v) is 6.61. The van der Waals surface area contributed by atoms with Crippen molar-refractivity contribution in [2.75, 3.05) is 4.90 Å². The molecule has 2 aromatic carbocycles. The number of fused-ring (bicyclic) bond motifs is 1. The van der Waals surface area contributed by atoms with Gasteiger partial charge in [-0.1, -0.05) is 12.1 Å². The molecule has 4 nitrogen and oxygen atoms in total. The largest absolute Gasteiger partial charge is 0.573 e. The van der Waals surface area contributed by atoms with Gasteiger partial charge in [0, 0.05) is 6.07 Å². The molecule has 0 spiro atoms. The van der Waals surface area contributed by atoms with E-state index in [-0.39, 0.29) is 16.8 Å². The smallest absolute Gasteiger partial charge is 0.406 e. The number of nitrogens with zero attached hydrogens (tertiary/aromatic N) is 1. The molecule has 1 heterocycles. The van der Waals surface area contributed by atoms with Gasteiger partial charge in [0.1, 0.15) is 5.75 Å². The van der Waals surface area contributed by atoms with Gasteiger partial charge in [0.15, 0.2) is 0 Å². The molecular weight excluding hydrogens is 311 g/mol. The molecule has 0 aromatic heterocycles. The summed E-state index contributed by atoms with van der Waals surface area (Å²) >= 11 is 0. The van der Waals surface area contributed by atoms with Gasteiger partial charge in [-0.2, -0.15) is 0 Å². The van der Waals surface area contributed by atoms with E-state index in [9.17, 15) is 22.8 Å². The van der Waals surface area contributed by atoms with Crippen molar-refractivity contribution >= 4 is 17.5 Å². The lowest BCUT2D eigenvalue weighted by molar-refractivity contribution is -0.274. The highest BCUT2D eigenvalue weighted by atomic mass is 19.4. The number of ether oxygens (including phenoxy) is 1. The molecule has 0 N–H and O–H groups in total. The van der Waals surface area contributed by atoms with Gasteiger partial charge < -0.3 is 4.74 Å². The van der Waals surface area contributed by atoms with Crippen molar-refractivity contribution < 1.29 is 27.5 Å². The van der Waals surface area contributed by atoms with Gasteiger partial charge in [-0.25, -0.2) is 4.90 Å². The zero-order chi connectivity index (χ0) is 16.8. The summed E-state index contributed by atoms with van der Waals surface area (Å²) in [6.45, 7) is 1.55. The number of amides is 2. The third kappa shape index (κ3) is 2.77. The highest BCUT2D eigenvalue weighted by molar-refractivity contribution is 6.34. The molecule has 118 valence electrons. The van der Waals surface area contributed by atoms with Crippen molar-refractivity contribution in [2.45, 2.75) is 13.3 Å². The molecule has 0 radical (unpaired) electrons. The van der Waals surface area contributed by atoms with Gasteiger partial charge in [0.2, 0.25) is 0 Å². The Morgan fingerprint density at radius 2 is 1.52 bits per heavy atom. The van der Waals surface area contributed by atoms with Crippen LogP contribution in [0.3, 0.4) is 0 Å². The maximum absolute atomic E-state index is 12.4. The molecule has 23 heavy (non-hydrogen) atoms. The lowest BCUT2D eigenvalue weighted by Crippen LogP contribution is -2.29. The minimum absolute atomic E-state index is 0.0375. The average Bonchev–Trinajstić information content (AvgIpc) is 2.69. The molecule has 0 bridgehead atoms. The molecule has 0 unspecified atom stereocenters. The Kier molecular flexibility index (Phi) is 3.35. The Hall–Kier alpha value is -2.83. The van der Waals surface area contributed by atoms with E-state index in [0.717, 1.165) is 11.0 Å². The molecule has 0 aliphatic carbocycles. The summed E-state index contributed by atoms with van der Waals surface area (Å²) < 4.78 is 41.0. The first-order chi connectivity index (χ1) is 10.8. The van der Waals surface area contributed by atoms with Crippen LogP contribution >= 0.6 is 0 Å². The number of benzene rings is 2. The first kappa shape index (κ1) is 15.1. The summed E-state index contributed by atoms with van der Waals surface area (Å²) in [5, 5.41) is 0. The first-order valence-electron chi connectivity index (χ1n) is 6.61. The molecule has 2 amide bonds. The lowest BCUT2D eigenvalue weighted by atomic mass is 10.1. The number of rotatable bonds is 2. The van der Waals surface area contributed by atoms with Crippen molar-refractivity contribution in [3.63, 3.8) is 0 Å². The maximum Gasteiger partial charge on any atom is 0.573 e. The number of halogens is 3. The highest BCUT2D eigenvalue weighted by Gasteiger charge is 2.37. The second-order valence-corrected chi connectivity index (χ2v) is 5.04. The fourth-order valence-corrected chi connectivity index (χ4v) is 2.47. The zero-order valence-electron chi connectivity index (χ0n) is 11.8. The number of carbonyl (C=O) groups excluding carboxylic acids is 2. The monoisotopic (exact) mass is 321 g/mol. The molecule has 0 saturated carbocycles. The van der Waals surface area contributed by atoms with Crippen molar-refractivity contribution in [3.8, 4) is 5.75 Å². The number of alkyl halides is 3. The fraction of sp³-hybridized carbons (Fsp3) is 0.125. The zero-order valence-corrected chi connectivity index (χ0v) is 11.8. The molecule has 0 atom stereocenters. The van der Waals surface area contributed by atoms with Crippen LogP contribution in [0.15, 0.2) is 42.5 Å². The second kappa shape index (κ2) is 5.12. The minimum Gasteiger partial charge on any atom is -0.406 e. The molecule has 2 aromatic rings. The number of hydrogen-bond acceptors (Lipinski definition) is 3. The highest BCUT2D eigenvalue weighted by Crippen LogP contribution is 2.33. The number of hydrogen-bond donors (Lipinski definition) is 0. The molecule has 3 rings (SSSR count). The number of aryl methyl sites for hydroxylation is 1. The van der Waals surface area contributed by atoms with E-state index in [1.165, 1.54) is 24.3 Å². The standard InChI is InChI=1S/C16H10F3NO3/c1-9-6-10(8-11(7-9)23-16(17,18)19)20-14(21)12-4-2-3-5-13(12)15(20)22/h2-8H,1H3.